The Kier molecular flexibility index (Phi) is 3.82. The van der Waals surface area contributed by atoms with Gasteiger partial charge in [-0.1, -0.05) is 13.3 Å². The van der Waals surface area contributed by atoms with Crippen molar-refractivity contribution in [2.45, 2.75) is 50.3 Å². The fourth-order valence-electron chi connectivity index (χ4n) is 3.46. The van der Waals surface area contributed by atoms with Crippen molar-refractivity contribution < 1.29 is 8.42 Å². The van der Waals surface area contributed by atoms with Crippen LogP contribution in [0.15, 0.2) is 0 Å². The Morgan fingerprint density at radius 2 is 1.94 bits per heavy atom. The number of hydrogen-bond acceptors (Lipinski definition) is 3. The summed E-state index contributed by atoms with van der Waals surface area (Å²) in [6, 6.07) is 0.176. The van der Waals surface area contributed by atoms with Gasteiger partial charge in [-0.2, -0.15) is 0 Å². The Hall–Kier alpha value is 0.200. The minimum atomic E-state index is -3.41. The van der Waals surface area contributed by atoms with E-state index in [2.05, 4.69) is 11.8 Å². The van der Waals surface area contributed by atoms with Crippen molar-refractivity contribution in [1.82, 2.24) is 4.90 Å². The minimum Gasteiger partial charge on any atom is -0.299 e. The molecular formula is C11H20ClNO2S. The summed E-state index contributed by atoms with van der Waals surface area (Å²) in [5.41, 5.74) is 0. The number of halogens is 1. The van der Waals surface area contributed by atoms with Crippen molar-refractivity contribution in [2.24, 2.45) is 5.92 Å². The first kappa shape index (κ1) is 12.7. The van der Waals surface area contributed by atoms with E-state index in [-0.39, 0.29) is 11.3 Å². The minimum absolute atomic E-state index is 0.176. The molecule has 1 heterocycles. The zero-order chi connectivity index (χ0) is 11.8. The van der Waals surface area contributed by atoms with E-state index in [1.165, 1.54) is 19.3 Å². The van der Waals surface area contributed by atoms with Crippen LogP contribution in [0.5, 0.6) is 0 Å². The van der Waals surface area contributed by atoms with Gasteiger partial charge in [0.2, 0.25) is 9.05 Å². The van der Waals surface area contributed by atoms with Crippen LogP contribution in [0, 0.1) is 5.92 Å². The second-order valence-electron chi connectivity index (χ2n) is 4.97. The molecule has 2 rings (SSSR count). The lowest BCUT2D eigenvalue weighted by atomic mass is 9.78. The maximum Gasteiger partial charge on any atom is 0.237 e. The van der Waals surface area contributed by atoms with Gasteiger partial charge in [0.05, 0.1) is 5.25 Å². The van der Waals surface area contributed by atoms with Gasteiger partial charge in [-0.3, -0.25) is 4.90 Å². The lowest BCUT2D eigenvalue weighted by molar-refractivity contribution is 0.0688. The average molecular weight is 266 g/mol. The number of nitrogens with zero attached hydrogens (tertiary/aromatic N) is 1. The summed E-state index contributed by atoms with van der Waals surface area (Å²) in [5, 5.41) is -0.340. The molecule has 0 amide bonds. The summed E-state index contributed by atoms with van der Waals surface area (Å²) >= 11 is 0. The molecule has 2 fully saturated rings. The fraction of sp³-hybridized carbons (Fsp3) is 1.00. The van der Waals surface area contributed by atoms with Gasteiger partial charge in [-0.25, -0.2) is 8.42 Å². The van der Waals surface area contributed by atoms with Crippen molar-refractivity contribution >= 4 is 19.7 Å². The molecular weight excluding hydrogens is 246 g/mol. The molecule has 0 aromatic heterocycles. The Labute approximate surface area is 103 Å². The SMILES string of the molecule is CCN1CCC[C@H]2CCC[C@@H](S(=O)(=O)Cl)[C@@H]21. The molecule has 2 aliphatic rings. The highest BCUT2D eigenvalue weighted by Gasteiger charge is 2.44. The summed E-state index contributed by atoms with van der Waals surface area (Å²) in [7, 11) is 2.19. The van der Waals surface area contributed by atoms with E-state index in [1.54, 1.807) is 0 Å². The zero-order valence-corrected chi connectivity index (χ0v) is 11.3. The molecule has 0 N–H and O–H groups in total. The molecule has 0 bridgehead atoms. The monoisotopic (exact) mass is 265 g/mol. The van der Waals surface area contributed by atoms with Gasteiger partial charge in [-0.15, -0.1) is 0 Å². The number of fused-ring (bicyclic) bond motifs is 1. The highest BCUT2D eigenvalue weighted by Crippen LogP contribution is 2.39. The normalized spacial score (nSPS) is 37.0. The molecule has 1 saturated carbocycles. The molecule has 5 heteroatoms. The first-order valence-electron chi connectivity index (χ1n) is 6.21. The first-order valence-corrected chi connectivity index (χ1v) is 8.59. The Balaban J connectivity index is 2.25. The fourth-order valence-corrected chi connectivity index (χ4v) is 5.22. The summed E-state index contributed by atoms with van der Waals surface area (Å²) in [5.74, 6) is 0.543. The molecule has 3 atom stereocenters. The van der Waals surface area contributed by atoms with Crippen LogP contribution in [0.3, 0.4) is 0 Å². The van der Waals surface area contributed by atoms with Gasteiger partial charge in [0, 0.05) is 16.7 Å². The van der Waals surface area contributed by atoms with Crippen LogP contribution < -0.4 is 0 Å². The van der Waals surface area contributed by atoms with E-state index in [0.29, 0.717) is 5.92 Å². The molecule has 16 heavy (non-hydrogen) atoms. The van der Waals surface area contributed by atoms with E-state index in [9.17, 15) is 8.42 Å². The van der Waals surface area contributed by atoms with Crippen molar-refractivity contribution in [3.63, 3.8) is 0 Å². The van der Waals surface area contributed by atoms with Gasteiger partial charge in [-0.05, 0) is 44.7 Å². The van der Waals surface area contributed by atoms with Crippen molar-refractivity contribution in [1.29, 1.82) is 0 Å². The molecule has 0 radical (unpaired) electrons. The van der Waals surface area contributed by atoms with Gasteiger partial charge < -0.3 is 0 Å². The van der Waals surface area contributed by atoms with Crippen molar-refractivity contribution in [3.8, 4) is 0 Å². The van der Waals surface area contributed by atoms with Gasteiger partial charge in [0.1, 0.15) is 0 Å². The summed E-state index contributed by atoms with van der Waals surface area (Å²) in [4.78, 5) is 2.32. The van der Waals surface area contributed by atoms with Gasteiger partial charge >= 0.3 is 0 Å². The maximum atomic E-state index is 11.6. The van der Waals surface area contributed by atoms with Gasteiger partial charge in [0.15, 0.2) is 0 Å². The van der Waals surface area contributed by atoms with Crippen LogP contribution in [-0.2, 0) is 9.05 Å². The standard InChI is InChI=1S/C11H20ClNO2S/c1-2-13-8-4-6-9-5-3-7-10(11(9)13)16(12,14)15/h9-11H,2-8H2,1H3/t9-,10-,11-/m1/s1. The van der Waals surface area contributed by atoms with E-state index in [4.69, 9.17) is 10.7 Å². The predicted octanol–water partition coefficient (Wildman–Crippen LogP) is 2.21. The lowest BCUT2D eigenvalue weighted by Gasteiger charge is -2.46. The lowest BCUT2D eigenvalue weighted by Crippen LogP contribution is -2.55. The van der Waals surface area contributed by atoms with Crippen LogP contribution in [0.4, 0.5) is 0 Å². The first-order chi connectivity index (χ1) is 7.54. The van der Waals surface area contributed by atoms with Crippen molar-refractivity contribution in [3.05, 3.63) is 0 Å². The van der Waals surface area contributed by atoms with E-state index >= 15 is 0 Å². The molecule has 0 spiro atoms. The molecule has 0 unspecified atom stereocenters. The third kappa shape index (κ3) is 2.39. The summed E-state index contributed by atoms with van der Waals surface area (Å²) in [6.45, 7) is 4.07. The molecule has 1 aliphatic carbocycles. The number of hydrogen-bond donors (Lipinski definition) is 0. The molecule has 0 aromatic carbocycles. The number of rotatable bonds is 2. The zero-order valence-electron chi connectivity index (χ0n) is 9.73. The smallest absolute Gasteiger partial charge is 0.237 e. The Morgan fingerprint density at radius 3 is 2.56 bits per heavy atom. The summed E-state index contributed by atoms with van der Waals surface area (Å²) in [6.07, 6.45) is 5.29. The van der Waals surface area contributed by atoms with Crippen LogP contribution in [0.25, 0.3) is 0 Å². The molecule has 3 nitrogen and oxygen atoms in total. The number of piperidine rings is 1. The Bertz CT molecular complexity index is 335. The van der Waals surface area contributed by atoms with Gasteiger partial charge in [0.25, 0.3) is 0 Å². The second kappa shape index (κ2) is 4.83. The van der Waals surface area contributed by atoms with Crippen LogP contribution in [-0.4, -0.2) is 37.7 Å². The summed E-state index contributed by atoms with van der Waals surface area (Å²) < 4.78 is 23.3. The maximum absolute atomic E-state index is 11.6. The van der Waals surface area contributed by atoms with Crippen LogP contribution in [0.1, 0.15) is 39.0 Å². The molecule has 0 aromatic rings. The van der Waals surface area contributed by atoms with E-state index in [0.717, 1.165) is 25.9 Å². The van der Waals surface area contributed by atoms with Crippen LogP contribution in [0.2, 0.25) is 0 Å². The third-order valence-electron chi connectivity index (χ3n) is 4.14. The predicted molar refractivity (Wildman–Crippen MR) is 66.2 cm³/mol. The molecule has 1 aliphatic heterocycles. The largest absolute Gasteiger partial charge is 0.299 e. The number of likely N-dealkylation sites (tertiary alicyclic amines) is 1. The quantitative estimate of drug-likeness (QED) is 0.719. The van der Waals surface area contributed by atoms with Crippen LogP contribution >= 0.6 is 10.7 Å². The highest BCUT2D eigenvalue weighted by molar-refractivity contribution is 8.14. The average Bonchev–Trinajstić information content (AvgIpc) is 2.26. The molecule has 94 valence electrons. The second-order valence-corrected chi connectivity index (χ2v) is 7.81. The topological polar surface area (TPSA) is 37.4 Å². The van der Waals surface area contributed by atoms with E-state index in [1.807, 2.05) is 0 Å². The third-order valence-corrected chi connectivity index (χ3v) is 6.06. The Morgan fingerprint density at radius 1 is 1.25 bits per heavy atom. The van der Waals surface area contributed by atoms with Crippen molar-refractivity contribution in [2.75, 3.05) is 13.1 Å². The molecule has 1 saturated heterocycles. The highest BCUT2D eigenvalue weighted by atomic mass is 35.7. The van der Waals surface area contributed by atoms with E-state index < -0.39 is 9.05 Å².